The van der Waals surface area contributed by atoms with Crippen LogP contribution in [0.4, 0.5) is 0 Å². The molecule has 10 heteroatoms. The zero-order valence-corrected chi connectivity index (χ0v) is 24.5. The average molecular weight is 577 g/mol. The lowest BCUT2D eigenvalue weighted by Gasteiger charge is -2.62. The van der Waals surface area contributed by atoms with Crippen LogP contribution in [-0.4, -0.2) is 76.0 Å². The molecule has 4 saturated carbocycles. The van der Waals surface area contributed by atoms with Crippen molar-refractivity contribution in [3.63, 3.8) is 0 Å². The average Bonchev–Trinajstić information content (AvgIpc) is 3.16. The number of carboxylic acids is 1. The van der Waals surface area contributed by atoms with Gasteiger partial charge in [-0.15, -0.1) is 0 Å². The van der Waals surface area contributed by atoms with Gasteiger partial charge < -0.3 is 34.7 Å². The van der Waals surface area contributed by atoms with Crippen molar-refractivity contribution < 1.29 is 49.1 Å². The summed E-state index contributed by atoms with van der Waals surface area (Å²) in [6, 6.07) is 0. The van der Waals surface area contributed by atoms with Crippen molar-refractivity contribution in [2.45, 2.75) is 90.6 Å². The molecule has 4 N–H and O–H groups in total. The van der Waals surface area contributed by atoms with Crippen molar-refractivity contribution in [2.24, 2.45) is 57.7 Å². The van der Waals surface area contributed by atoms with E-state index in [4.69, 9.17) is 9.47 Å². The number of ketones is 1. The van der Waals surface area contributed by atoms with E-state index in [9.17, 15) is 39.6 Å². The van der Waals surface area contributed by atoms with Gasteiger partial charge in [-0.2, -0.15) is 0 Å². The zero-order valence-electron chi connectivity index (χ0n) is 24.5. The number of aldehydes is 1. The topological polar surface area (TPSA) is 168 Å². The van der Waals surface area contributed by atoms with Crippen molar-refractivity contribution in [1.29, 1.82) is 0 Å². The molecule has 5 rings (SSSR count). The van der Waals surface area contributed by atoms with Crippen LogP contribution in [0.3, 0.4) is 0 Å². The number of carbonyl (C=O) groups is 4. The highest BCUT2D eigenvalue weighted by molar-refractivity contribution is 5.88. The lowest BCUT2D eigenvalue weighted by atomic mass is 9.42. The first-order chi connectivity index (χ1) is 19.2. The number of hydrogen-bond donors (Lipinski definition) is 4. The van der Waals surface area contributed by atoms with Crippen LogP contribution in [-0.2, 0) is 28.7 Å². The van der Waals surface area contributed by atoms with Crippen molar-refractivity contribution in [3.05, 3.63) is 11.8 Å². The summed E-state index contributed by atoms with van der Waals surface area (Å²) in [4.78, 5) is 50.1. The second-order valence-electron chi connectivity index (χ2n) is 14.0. The summed E-state index contributed by atoms with van der Waals surface area (Å²) in [7, 11) is 1.40. The fourth-order valence-corrected chi connectivity index (χ4v) is 10.9. The number of carboxylic acid groups (broad SMARTS) is 1. The third-order valence-electron chi connectivity index (χ3n) is 12.5. The Bertz CT molecular complexity index is 1150. The Morgan fingerprint density at radius 1 is 1.12 bits per heavy atom. The zero-order chi connectivity index (χ0) is 30.2. The molecule has 13 unspecified atom stereocenters. The van der Waals surface area contributed by atoms with Crippen LogP contribution in [0.1, 0.15) is 66.2 Å². The minimum absolute atomic E-state index is 0.236. The third kappa shape index (κ3) is 3.99. The molecule has 228 valence electrons. The first kappa shape index (κ1) is 30.2. The van der Waals surface area contributed by atoms with E-state index < -0.39 is 88.1 Å². The van der Waals surface area contributed by atoms with Gasteiger partial charge >= 0.3 is 11.9 Å². The van der Waals surface area contributed by atoms with Crippen molar-refractivity contribution in [2.75, 3.05) is 7.11 Å². The Balaban J connectivity index is 1.67. The van der Waals surface area contributed by atoms with Crippen LogP contribution in [0, 0.1) is 57.7 Å². The molecule has 0 amide bonds. The number of allylic oxidation sites excluding steroid dienone is 1. The number of carbonyl (C=O) groups excluding carboxylic acids is 3. The van der Waals surface area contributed by atoms with Crippen LogP contribution >= 0.6 is 0 Å². The molecule has 14 atom stereocenters. The van der Waals surface area contributed by atoms with E-state index in [1.54, 1.807) is 13.0 Å². The number of aliphatic carboxylic acids is 1. The molecule has 0 bridgehead atoms. The standard InChI is InChI=1S/C31H44O10/c1-14(33)41-19-8-6-7-17-26(37)27(38)22-16(30(17,19)3)9-10-29(2)23-15(12-21(35)36)11-20(40-5)31(4,18(34)13-32)25(23)28(39)24(22)29/h11,13,15-19,22-25,27-28,34,38-39H,6-10,12H2,1-5H3,(H,35,36)/t15-,16?,17?,18?,19?,22?,23?,24?,25?,27?,28?,29?,30?,31?/m0/s1. The van der Waals surface area contributed by atoms with Gasteiger partial charge in [-0.05, 0) is 74.2 Å². The summed E-state index contributed by atoms with van der Waals surface area (Å²) < 4.78 is 11.5. The molecule has 0 aromatic heterocycles. The highest BCUT2D eigenvalue weighted by Gasteiger charge is 2.74. The number of aliphatic hydroxyl groups is 3. The van der Waals surface area contributed by atoms with Crippen molar-refractivity contribution in [3.8, 4) is 0 Å². The van der Waals surface area contributed by atoms with Gasteiger partial charge in [-0.1, -0.05) is 13.8 Å². The number of Topliss-reactive ketones (excluding diaryl/α,β-unsaturated/α-hetero) is 1. The van der Waals surface area contributed by atoms with Crippen LogP contribution < -0.4 is 0 Å². The van der Waals surface area contributed by atoms with Crippen LogP contribution in [0.5, 0.6) is 0 Å². The predicted octanol–water partition coefficient (Wildman–Crippen LogP) is 2.12. The Morgan fingerprint density at radius 2 is 1.80 bits per heavy atom. The molecule has 10 nitrogen and oxygen atoms in total. The smallest absolute Gasteiger partial charge is 0.303 e. The van der Waals surface area contributed by atoms with Crippen LogP contribution in [0.25, 0.3) is 0 Å². The normalized spacial score (nSPS) is 49.4. The lowest BCUT2D eigenvalue weighted by molar-refractivity contribution is -0.213. The lowest BCUT2D eigenvalue weighted by Crippen LogP contribution is -2.66. The maximum absolute atomic E-state index is 13.9. The number of esters is 1. The molecule has 0 aromatic rings. The number of aliphatic hydroxyl groups excluding tert-OH is 3. The maximum atomic E-state index is 13.9. The molecule has 0 spiro atoms. The molecular weight excluding hydrogens is 532 g/mol. The Morgan fingerprint density at radius 3 is 2.39 bits per heavy atom. The van der Waals surface area contributed by atoms with Crippen molar-refractivity contribution in [1.82, 2.24) is 0 Å². The largest absolute Gasteiger partial charge is 0.501 e. The summed E-state index contributed by atoms with van der Waals surface area (Å²) in [5, 5.41) is 44.9. The Labute approximate surface area is 240 Å². The molecule has 0 aromatic carbocycles. The highest BCUT2D eigenvalue weighted by Crippen LogP contribution is 2.73. The van der Waals surface area contributed by atoms with Gasteiger partial charge in [-0.25, -0.2) is 0 Å². The van der Waals surface area contributed by atoms with E-state index in [1.165, 1.54) is 14.0 Å². The molecule has 0 heterocycles. The van der Waals surface area contributed by atoms with E-state index >= 15 is 0 Å². The minimum Gasteiger partial charge on any atom is -0.501 e. The first-order valence-electron chi connectivity index (χ1n) is 14.9. The summed E-state index contributed by atoms with van der Waals surface area (Å²) in [6.45, 7) is 7.00. The van der Waals surface area contributed by atoms with Crippen LogP contribution in [0.15, 0.2) is 11.8 Å². The third-order valence-corrected chi connectivity index (χ3v) is 12.5. The van der Waals surface area contributed by atoms with E-state index in [0.29, 0.717) is 38.4 Å². The van der Waals surface area contributed by atoms with Gasteiger partial charge in [0.05, 0.1) is 25.0 Å². The number of hydrogen-bond acceptors (Lipinski definition) is 9. The van der Waals surface area contributed by atoms with E-state index in [1.807, 2.05) is 13.8 Å². The van der Waals surface area contributed by atoms with E-state index in [0.717, 1.165) is 0 Å². The monoisotopic (exact) mass is 576 g/mol. The SMILES string of the molecule is COC1=C[C@@H](CC(=O)O)C2C(C(O)C3C4C(O)C(=O)C5CCCC(OC(C)=O)C5(C)C4CCC32C)C1(C)C(O)C=O. The van der Waals surface area contributed by atoms with E-state index in [2.05, 4.69) is 0 Å². The molecule has 0 saturated heterocycles. The summed E-state index contributed by atoms with van der Waals surface area (Å²) in [5.74, 6) is -5.34. The number of methoxy groups -OCH3 is 1. The van der Waals surface area contributed by atoms with Crippen molar-refractivity contribution >= 4 is 24.0 Å². The molecule has 41 heavy (non-hydrogen) atoms. The quantitative estimate of drug-likeness (QED) is 0.272. The number of rotatable bonds is 6. The molecule has 4 fully saturated rings. The van der Waals surface area contributed by atoms with Crippen LogP contribution in [0.2, 0.25) is 0 Å². The minimum atomic E-state index is -1.53. The predicted molar refractivity (Wildman–Crippen MR) is 144 cm³/mol. The molecule has 0 radical (unpaired) electrons. The number of ether oxygens (including phenoxy) is 2. The fraction of sp³-hybridized carbons (Fsp3) is 0.806. The van der Waals surface area contributed by atoms with Gasteiger partial charge in [-0.3, -0.25) is 14.4 Å². The van der Waals surface area contributed by atoms with Gasteiger partial charge in [0, 0.05) is 30.1 Å². The van der Waals surface area contributed by atoms with Gasteiger partial charge in [0.2, 0.25) is 0 Å². The summed E-state index contributed by atoms with van der Waals surface area (Å²) in [6.07, 6.45) is 0.382. The number of fused-ring (bicyclic) bond motifs is 7. The second-order valence-corrected chi connectivity index (χ2v) is 14.0. The van der Waals surface area contributed by atoms with Gasteiger partial charge in [0.1, 0.15) is 30.4 Å². The maximum Gasteiger partial charge on any atom is 0.303 e. The molecule has 0 aliphatic heterocycles. The summed E-state index contributed by atoms with van der Waals surface area (Å²) in [5.41, 5.74) is -2.81. The first-order valence-corrected chi connectivity index (χ1v) is 14.9. The summed E-state index contributed by atoms with van der Waals surface area (Å²) >= 11 is 0. The molecular formula is C31H44O10. The second kappa shape index (κ2) is 10.2. The van der Waals surface area contributed by atoms with E-state index in [-0.39, 0.29) is 23.9 Å². The van der Waals surface area contributed by atoms with Gasteiger partial charge in [0.25, 0.3) is 0 Å². The molecule has 5 aliphatic carbocycles. The Kier molecular flexibility index (Phi) is 7.47. The van der Waals surface area contributed by atoms with Gasteiger partial charge in [0.15, 0.2) is 5.78 Å². The Hall–Kier alpha value is -2.30. The fourth-order valence-electron chi connectivity index (χ4n) is 10.9. The highest BCUT2D eigenvalue weighted by atomic mass is 16.5. The molecule has 5 aliphatic rings.